The number of hydrogen-bond acceptors (Lipinski definition) is 8. The fraction of sp³-hybridized carbons (Fsp3) is 0.643. The fourth-order valence-electron chi connectivity index (χ4n) is 4.97. The third-order valence-electron chi connectivity index (χ3n) is 6.77. The molecule has 0 aromatic carbocycles. The van der Waals surface area contributed by atoms with Crippen LogP contribution in [0.5, 0.6) is 0 Å². The number of aliphatic carboxylic acids is 1. The Balaban J connectivity index is 2.12. The molecule has 210 valence electrons. The molecule has 10 heteroatoms. The van der Waals surface area contributed by atoms with E-state index in [1.54, 1.807) is 13.8 Å². The number of amides is 1. The number of Topliss-reactive ketones (excluding diaryl/α,β-unsaturated/α-hetero) is 2. The molecule has 0 aliphatic heterocycles. The van der Waals surface area contributed by atoms with Gasteiger partial charge in [-0.05, 0) is 24.7 Å². The van der Waals surface area contributed by atoms with Gasteiger partial charge in [-0.1, -0.05) is 27.7 Å². The summed E-state index contributed by atoms with van der Waals surface area (Å²) in [6.07, 6.45) is 0.884. The molecule has 38 heavy (non-hydrogen) atoms. The topological polar surface area (TPSA) is 157 Å². The van der Waals surface area contributed by atoms with Gasteiger partial charge in [0.25, 0.3) is 0 Å². The molecule has 0 aromatic heterocycles. The molecule has 2 aliphatic rings. The molecule has 0 heterocycles. The second kappa shape index (κ2) is 12.5. The first-order valence-corrected chi connectivity index (χ1v) is 13.0. The summed E-state index contributed by atoms with van der Waals surface area (Å²) in [7, 11) is 0. The SMILES string of the molecule is CC(=NCCN(CCN=C(C)C1=C(O)CC(C)(C)CC1=O)C(=O)CCC(=O)O)C1=C(O)CC(C)(C)CC1=O. The van der Waals surface area contributed by atoms with Gasteiger partial charge in [-0.25, -0.2) is 0 Å². The normalized spacial score (nSPS) is 20.2. The van der Waals surface area contributed by atoms with E-state index in [4.69, 9.17) is 5.11 Å². The molecular formula is C28H41N3O7. The summed E-state index contributed by atoms with van der Waals surface area (Å²) < 4.78 is 0. The van der Waals surface area contributed by atoms with E-state index < -0.39 is 5.97 Å². The fourth-order valence-corrected chi connectivity index (χ4v) is 4.97. The maximum Gasteiger partial charge on any atom is 0.303 e. The number of carboxylic acid groups (broad SMARTS) is 1. The van der Waals surface area contributed by atoms with Crippen LogP contribution in [0.4, 0.5) is 0 Å². The van der Waals surface area contributed by atoms with Crippen LogP contribution in [-0.2, 0) is 19.2 Å². The number of rotatable bonds is 11. The van der Waals surface area contributed by atoms with Crippen LogP contribution in [0.25, 0.3) is 0 Å². The molecule has 2 rings (SSSR count). The van der Waals surface area contributed by atoms with Crippen molar-refractivity contribution < 1.29 is 34.5 Å². The summed E-state index contributed by atoms with van der Waals surface area (Å²) in [6, 6.07) is 0. The first-order chi connectivity index (χ1) is 17.5. The van der Waals surface area contributed by atoms with Gasteiger partial charge in [-0.15, -0.1) is 0 Å². The maximum absolute atomic E-state index is 12.7. The molecule has 0 radical (unpaired) electrons. The Labute approximate surface area is 224 Å². The maximum atomic E-state index is 12.7. The predicted octanol–water partition coefficient (Wildman–Crippen LogP) is 4.00. The summed E-state index contributed by atoms with van der Waals surface area (Å²) in [5.41, 5.74) is 0.611. The van der Waals surface area contributed by atoms with Gasteiger partial charge < -0.3 is 20.2 Å². The largest absolute Gasteiger partial charge is 0.511 e. The monoisotopic (exact) mass is 531 g/mol. The number of carbonyl (C=O) groups excluding carboxylic acids is 3. The zero-order valence-electron chi connectivity index (χ0n) is 23.4. The van der Waals surface area contributed by atoms with E-state index in [1.165, 1.54) is 4.90 Å². The van der Waals surface area contributed by atoms with Crippen LogP contribution >= 0.6 is 0 Å². The molecule has 1 amide bonds. The lowest BCUT2D eigenvalue weighted by atomic mass is 9.76. The quantitative estimate of drug-likeness (QED) is 0.340. The molecule has 0 atom stereocenters. The van der Waals surface area contributed by atoms with E-state index in [-0.39, 0.29) is 90.0 Å². The van der Waals surface area contributed by atoms with Crippen LogP contribution in [0.2, 0.25) is 0 Å². The van der Waals surface area contributed by atoms with Crippen molar-refractivity contribution in [3.8, 4) is 0 Å². The van der Waals surface area contributed by atoms with Crippen molar-refractivity contribution >= 4 is 34.9 Å². The molecule has 2 aliphatic carbocycles. The zero-order valence-corrected chi connectivity index (χ0v) is 23.4. The van der Waals surface area contributed by atoms with Gasteiger partial charge in [0.1, 0.15) is 11.5 Å². The van der Waals surface area contributed by atoms with Gasteiger partial charge in [0.15, 0.2) is 11.6 Å². The molecule has 0 unspecified atom stereocenters. The Bertz CT molecular complexity index is 1040. The molecular weight excluding hydrogens is 490 g/mol. The molecule has 0 saturated carbocycles. The van der Waals surface area contributed by atoms with Crippen molar-refractivity contribution in [2.75, 3.05) is 26.2 Å². The van der Waals surface area contributed by atoms with E-state index in [0.717, 1.165) is 0 Å². The van der Waals surface area contributed by atoms with Gasteiger partial charge in [0.05, 0.1) is 30.7 Å². The molecule has 0 aromatic rings. The molecule has 0 saturated heterocycles. The number of aliphatic hydroxyl groups excluding tert-OH is 2. The van der Waals surface area contributed by atoms with E-state index in [2.05, 4.69) is 9.98 Å². The van der Waals surface area contributed by atoms with Crippen molar-refractivity contribution in [3.63, 3.8) is 0 Å². The number of ketones is 2. The second-order valence-corrected chi connectivity index (χ2v) is 11.7. The van der Waals surface area contributed by atoms with Crippen molar-refractivity contribution in [1.29, 1.82) is 0 Å². The lowest BCUT2D eigenvalue weighted by Gasteiger charge is -2.29. The minimum absolute atomic E-state index is 0.0184. The average Bonchev–Trinajstić information content (AvgIpc) is 2.73. The number of nitrogens with zero attached hydrogens (tertiary/aromatic N) is 3. The summed E-state index contributed by atoms with van der Waals surface area (Å²) in [5, 5.41) is 29.8. The molecule has 0 fully saturated rings. The van der Waals surface area contributed by atoms with E-state index >= 15 is 0 Å². The highest BCUT2D eigenvalue weighted by Gasteiger charge is 2.35. The molecule has 0 bridgehead atoms. The van der Waals surface area contributed by atoms with Crippen molar-refractivity contribution in [2.24, 2.45) is 20.8 Å². The van der Waals surface area contributed by atoms with Gasteiger partial charge in [0.2, 0.25) is 5.91 Å². The van der Waals surface area contributed by atoms with Crippen LogP contribution in [-0.4, -0.2) is 81.3 Å². The van der Waals surface area contributed by atoms with Gasteiger partial charge >= 0.3 is 5.97 Å². The highest BCUT2D eigenvalue weighted by Crippen LogP contribution is 2.37. The van der Waals surface area contributed by atoms with Crippen molar-refractivity contribution in [3.05, 3.63) is 22.7 Å². The van der Waals surface area contributed by atoms with E-state index in [0.29, 0.717) is 37.1 Å². The van der Waals surface area contributed by atoms with Crippen molar-refractivity contribution in [2.45, 2.75) is 80.1 Å². The third kappa shape index (κ3) is 8.63. The highest BCUT2D eigenvalue weighted by molar-refractivity contribution is 6.23. The lowest BCUT2D eigenvalue weighted by molar-refractivity contribution is -0.140. The third-order valence-corrected chi connectivity index (χ3v) is 6.77. The number of allylic oxidation sites excluding steroid dienone is 4. The molecule has 0 spiro atoms. The second-order valence-electron chi connectivity index (χ2n) is 11.7. The number of hydrogen-bond donors (Lipinski definition) is 3. The van der Waals surface area contributed by atoms with Gasteiger partial charge in [-0.2, -0.15) is 0 Å². The highest BCUT2D eigenvalue weighted by atomic mass is 16.4. The summed E-state index contributed by atoms with van der Waals surface area (Å²) in [6.45, 7) is 11.6. The van der Waals surface area contributed by atoms with E-state index in [1.807, 2.05) is 27.7 Å². The van der Waals surface area contributed by atoms with Crippen LogP contribution in [0.1, 0.15) is 80.1 Å². The molecule has 3 N–H and O–H groups in total. The minimum atomic E-state index is -1.08. The number of aliphatic hydroxyl groups is 2. The summed E-state index contributed by atoms with van der Waals surface area (Å²) in [4.78, 5) is 59.1. The zero-order chi connectivity index (χ0) is 28.8. The number of carbonyl (C=O) groups is 4. The van der Waals surface area contributed by atoms with Crippen LogP contribution < -0.4 is 0 Å². The van der Waals surface area contributed by atoms with Gasteiger partial charge in [0, 0.05) is 56.6 Å². The van der Waals surface area contributed by atoms with Crippen molar-refractivity contribution in [1.82, 2.24) is 4.90 Å². The predicted molar refractivity (Wildman–Crippen MR) is 145 cm³/mol. The smallest absolute Gasteiger partial charge is 0.303 e. The Kier molecular flexibility index (Phi) is 10.2. The first kappa shape index (κ1) is 30.9. The van der Waals surface area contributed by atoms with Crippen LogP contribution in [0.3, 0.4) is 0 Å². The van der Waals surface area contributed by atoms with Crippen LogP contribution in [0, 0.1) is 10.8 Å². The van der Waals surface area contributed by atoms with E-state index in [9.17, 15) is 29.4 Å². The average molecular weight is 532 g/mol. The number of aliphatic imine (C=N–C) groups is 2. The number of carboxylic acids is 1. The standard InChI is InChI=1S/C28H41N3O7/c1-17(25-19(32)13-27(3,4)14-20(25)33)29-9-11-31(23(36)7-8-24(37)38)12-10-30-18(2)26-21(34)15-28(5,6)16-22(26)35/h32,34H,7-16H2,1-6H3,(H,37,38). The van der Waals surface area contributed by atoms with Gasteiger partial charge in [-0.3, -0.25) is 29.2 Å². The minimum Gasteiger partial charge on any atom is -0.511 e. The van der Waals surface area contributed by atoms with Crippen LogP contribution in [0.15, 0.2) is 32.6 Å². The Hall–Kier alpha value is -3.30. The Morgan fingerprint density at radius 3 is 1.50 bits per heavy atom. The Morgan fingerprint density at radius 2 is 1.16 bits per heavy atom. The Morgan fingerprint density at radius 1 is 0.763 bits per heavy atom. The summed E-state index contributed by atoms with van der Waals surface area (Å²) >= 11 is 0. The lowest BCUT2D eigenvalue weighted by Crippen LogP contribution is -2.36. The molecule has 10 nitrogen and oxygen atoms in total. The first-order valence-electron chi connectivity index (χ1n) is 13.0. The summed E-state index contributed by atoms with van der Waals surface area (Å²) in [5.74, 6) is -1.75.